The summed E-state index contributed by atoms with van der Waals surface area (Å²) >= 11 is 0. The van der Waals surface area contributed by atoms with E-state index < -0.39 is 6.04 Å². The van der Waals surface area contributed by atoms with Crippen molar-refractivity contribution in [2.75, 3.05) is 13.1 Å². The number of amides is 2. The first-order valence-electron chi connectivity index (χ1n) is 11.9. The van der Waals surface area contributed by atoms with Crippen molar-refractivity contribution in [3.05, 3.63) is 66.2 Å². The molecule has 8 nitrogen and oxygen atoms in total. The molecule has 1 aliphatic heterocycles. The van der Waals surface area contributed by atoms with Gasteiger partial charge in [-0.25, -0.2) is 0 Å². The van der Waals surface area contributed by atoms with Gasteiger partial charge in [0.25, 0.3) is 0 Å². The van der Waals surface area contributed by atoms with E-state index in [0.717, 1.165) is 40.8 Å². The maximum atomic E-state index is 13.6. The van der Waals surface area contributed by atoms with Crippen LogP contribution in [0.2, 0.25) is 0 Å². The summed E-state index contributed by atoms with van der Waals surface area (Å²) in [5.74, 6) is 0.877. The largest absolute Gasteiger partial charge is 0.361 e. The van der Waals surface area contributed by atoms with Gasteiger partial charge in [-0.3, -0.25) is 14.0 Å². The quantitative estimate of drug-likeness (QED) is 0.463. The van der Waals surface area contributed by atoms with Gasteiger partial charge in [-0.15, -0.1) is 10.2 Å². The van der Waals surface area contributed by atoms with Gasteiger partial charge >= 0.3 is 0 Å². The number of rotatable bonds is 6. The van der Waals surface area contributed by atoms with E-state index in [1.165, 1.54) is 0 Å². The minimum atomic E-state index is -0.598. The normalized spacial score (nSPS) is 15.8. The Hall–Kier alpha value is -3.68. The van der Waals surface area contributed by atoms with Gasteiger partial charge in [0.1, 0.15) is 11.9 Å². The molecule has 0 bridgehead atoms. The van der Waals surface area contributed by atoms with E-state index in [9.17, 15) is 9.59 Å². The Morgan fingerprint density at radius 3 is 2.65 bits per heavy atom. The minimum absolute atomic E-state index is 0.0242. The van der Waals surface area contributed by atoms with E-state index in [4.69, 9.17) is 0 Å². The number of carbonyl (C=O) groups excluding carboxylic acids is 2. The van der Waals surface area contributed by atoms with Gasteiger partial charge in [0.2, 0.25) is 11.8 Å². The predicted molar refractivity (Wildman–Crippen MR) is 130 cm³/mol. The molecule has 2 amide bonds. The smallest absolute Gasteiger partial charge is 0.245 e. The lowest BCUT2D eigenvalue weighted by Gasteiger charge is -2.34. The van der Waals surface area contributed by atoms with E-state index in [1.54, 1.807) is 0 Å². The minimum Gasteiger partial charge on any atom is -0.361 e. The zero-order valence-electron chi connectivity index (χ0n) is 19.6. The zero-order valence-corrected chi connectivity index (χ0v) is 19.6. The van der Waals surface area contributed by atoms with E-state index in [1.807, 2.05) is 78.0 Å². The number of hydrogen-bond acceptors (Lipinski definition) is 4. The summed E-state index contributed by atoms with van der Waals surface area (Å²) in [6.07, 6.45) is 6.02. The highest BCUT2D eigenvalue weighted by Crippen LogP contribution is 2.28. The third-order valence-electron chi connectivity index (χ3n) is 6.75. The first-order chi connectivity index (χ1) is 16.5. The highest BCUT2D eigenvalue weighted by molar-refractivity contribution is 5.90. The van der Waals surface area contributed by atoms with Crippen molar-refractivity contribution in [2.45, 2.75) is 45.1 Å². The third-order valence-corrected chi connectivity index (χ3v) is 6.75. The SMILES string of the molecule is CC(C)C(=O)NC(Cc1c[nH]c2ccccc12)C(=O)N1CCC(c2nnc3ccccn23)CC1. The van der Waals surface area contributed by atoms with Crippen LogP contribution in [0, 0.1) is 5.92 Å². The van der Waals surface area contributed by atoms with E-state index >= 15 is 0 Å². The third kappa shape index (κ3) is 4.27. The Balaban J connectivity index is 1.31. The second-order valence-electron chi connectivity index (χ2n) is 9.37. The molecular formula is C26H30N6O2. The summed E-state index contributed by atoms with van der Waals surface area (Å²) in [5, 5.41) is 12.8. The highest BCUT2D eigenvalue weighted by Gasteiger charge is 2.32. The maximum absolute atomic E-state index is 13.6. The fraction of sp³-hybridized carbons (Fsp3) is 0.385. The van der Waals surface area contributed by atoms with Crippen LogP contribution in [0.4, 0.5) is 0 Å². The summed E-state index contributed by atoms with van der Waals surface area (Å²) < 4.78 is 2.03. The summed E-state index contributed by atoms with van der Waals surface area (Å²) in [5.41, 5.74) is 2.90. The molecule has 4 heterocycles. The number of pyridine rings is 1. The second kappa shape index (κ2) is 9.29. The number of carbonyl (C=O) groups is 2. The number of nitrogens with one attached hydrogen (secondary N) is 2. The standard InChI is InChI=1S/C26H30N6O2/c1-17(2)25(33)28-22(15-19-16-27-21-8-4-3-7-20(19)21)26(34)31-13-10-18(11-14-31)24-30-29-23-9-5-6-12-32(23)24/h3-9,12,16-18,22,27H,10-11,13-15H2,1-2H3,(H,28,33). The molecule has 34 heavy (non-hydrogen) atoms. The first kappa shape index (κ1) is 22.1. The number of H-pyrrole nitrogens is 1. The van der Waals surface area contributed by atoms with Crippen LogP contribution in [0.3, 0.4) is 0 Å². The maximum Gasteiger partial charge on any atom is 0.245 e. The molecule has 1 atom stereocenters. The first-order valence-corrected chi connectivity index (χ1v) is 11.9. The number of aromatic amines is 1. The Labute approximate surface area is 198 Å². The predicted octanol–water partition coefficient (Wildman–Crippen LogP) is 3.30. The van der Waals surface area contributed by atoms with Crippen LogP contribution in [-0.4, -0.2) is 55.4 Å². The van der Waals surface area contributed by atoms with Crippen LogP contribution in [0.1, 0.15) is 44.0 Å². The molecule has 8 heteroatoms. The van der Waals surface area contributed by atoms with Crippen LogP contribution in [-0.2, 0) is 16.0 Å². The van der Waals surface area contributed by atoms with Crippen molar-refractivity contribution < 1.29 is 9.59 Å². The van der Waals surface area contributed by atoms with Crippen LogP contribution < -0.4 is 5.32 Å². The van der Waals surface area contributed by atoms with Gasteiger partial charge in [0, 0.05) is 54.6 Å². The number of likely N-dealkylation sites (tertiary alicyclic amines) is 1. The van der Waals surface area contributed by atoms with Gasteiger partial charge in [0.15, 0.2) is 5.65 Å². The van der Waals surface area contributed by atoms with Gasteiger partial charge in [-0.1, -0.05) is 38.1 Å². The van der Waals surface area contributed by atoms with Gasteiger partial charge in [-0.2, -0.15) is 0 Å². The fourth-order valence-corrected chi connectivity index (χ4v) is 4.78. The van der Waals surface area contributed by atoms with Crippen molar-refractivity contribution in [3.63, 3.8) is 0 Å². The van der Waals surface area contributed by atoms with E-state index in [-0.39, 0.29) is 23.7 Å². The molecule has 1 fully saturated rings. The topological polar surface area (TPSA) is 95.4 Å². The second-order valence-corrected chi connectivity index (χ2v) is 9.37. The van der Waals surface area contributed by atoms with Gasteiger partial charge in [0.05, 0.1) is 0 Å². The molecule has 4 aromatic rings. The molecular weight excluding hydrogens is 428 g/mol. The van der Waals surface area contributed by atoms with Crippen LogP contribution in [0.25, 0.3) is 16.6 Å². The molecule has 5 rings (SSSR count). The molecule has 0 spiro atoms. The summed E-state index contributed by atoms with van der Waals surface area (Å²) in [6, 6.07) is 13.3. The Morgan fingerprint density at radius 1 is 1.09 bits per heavy atom. The lowest BCUT2D eigenvalue weighted by atomic mass is 9.94. The highest BCUT2D eigenvalue weighted by atomic mass is 16.2. The Morgan fingerprint density at radius 2 is 1.85 bits per heavy atom. The number of hydrogen-bond donors (Lipinski definition) is 2. The van der Waals surface area contributed by atoms with E-state index in [2.05, 4.69) is 20.5 Å². The molecule has 1 saturated heterocycles. The number of nitrogens with zero attached hydrogens (tertiary/aromatic N) is 4. The number of benzene rings is 1. The van der Waals surface area contributed by atoms with E-state index in [0.29, 0.717) is 19.5 Å². The molecule has 0 aliphatic carbocycles. The number of fused-ring (bicyclic) bond motifs is 2. The summed E-state index contributed by atoms with van der Waals surface area (Å²) in [6.45, 7) is 4.95. The van der Waals surface area contributed by atoms with Gasteiger partial charge in [-0.05, 0) is 36.6 Å². The van der Waals surface area contributed by atoms with Crippen molar-refractivity contribution >= 4 is 28.4 Å². The molecule has 2 N–H and O–H groups in total. The zero-order chi connectivity index (χ0) is 23.7. The van der Waals surface area contributed by atoms with Crippen molar-refractivity contribution in [2.24, 2.45) is 5.92 Å². The van der Waals surface area contributed by atoms with Crippen LogP contribution >= 0.6 is 0 Å². The van der Waals surface area contributed by atoms with Crippen molar-refractivity contribution in [1.82, 2.24) is 29.8 Å². The Bertz CT molecular complexity index is 1320. The average Bonchev–Trinajstić information content (AvgIpc) is 3.48. The molecule has 176 valence electrons. The molecule has 3 aromatic heterocycles. The van der Waals surface area contributed by atoms with Crippen molar-refractivity contribution in [1.29, 1.82) is 0 Å². The summed E-state index contributed by atoms with van der Waals surface area (Å²) in [7, 11) is 0. The van der Waals surface area contributed by atoms with Gasteiger partial charge < -0.3 is 15.2 Å². The van der Waals surface area contributed by atoms with Crippen LogP contribution in [0.15, 0.2) is 54.9 Å². The number of piperidine rings is 1. The number of para-hydroxylation sites is 1. The fourth-order valence-electron chi connectivity index (χ4n) is 4.78. The lowest BCUT2D eigenvalue weighted by molar-refractivity contribution is -0.138. The molecule has 0 saturated carbocycles. The lowest BCUT2D eigenvalue weighted by Crippen LogP contribution is -2.52. The molecule has 1 unspecified atom stereocenters. The molecule has 0 radical (unpaired) electrons. The van der Waals surface area contributed by atoms with Crippen molar-refractivity contribution in [3.8, 4) is 0 Å². The Kier molecular flexibility index (Phi) is 6.04. The van der Waals surface area contributed by atoms with Crippen LogP contribution in [0.5, 0.6) is 0 Å². The average molecular weight is 459 g/mol. The monoisotopic (exact) mass is 458 g/mol. The molecule has 1 aliphatic rings. The molecule has 1 aromatic carbocycles. The number of aromatic nitrogens is 4. The summed E-state index contributed by atoms with van der Waals surface area (Å²) in [4.78, 5) is 31.3.